The monoisotopic (exact) mass is 313 g/mol. The molecule has 23 heavy (non-hydrogen) atoms. The maximum Gasteiger partial charge on any atom is 0.323 e. The predicted molar refractivity (Wildman–Crippen MR) is 95.1 cm³/mol. The standard InChI is InChI=1S/C18H23N3O2/c1-14-8-10-15(11-9-14)20-18(23)21-17-7-3-2-6-16(17)19-12-4-5-13-22/h2-3,6-11,19,22H,4-5,12-13H2,1H3,(H2,20,21,23). The van der Waals surface area contributed by atoms with Gasteiger partial charge in [0, 0.05) is 18.8 Å². The van der Waals surface area contributed by atoms with Crippen molar-refractivity contribution >= 4 is 23.1 Å². The SMILES string of the molecule is Cc1ccc(NC(=O)Nc2ccccc2NCCCCO)cc1. The predicted octanol–water partition coefficient (Wildman–Crippen LogP) is 3.82. The van der Waals surface area contributed by atoms with Gasteiger partial charge in [-0.1, -0.05) is 29.8 Å². The summed E-state index contributed by atoms with van der Waals surface area (Å²) < 4.78 is 0. The second kappa shape index (κ2) is 8.80. The van der Waals surface area contributed by atoms with Crippen LogP contribution in [0.1, 0.15) is 18.4 Å². The fourth-order valence-electron chi connectivity index (χ4n) is 2.13. The number of amides is 2. The van der Waals surface area contributed by atoms with E-state index in [9.17, 15) is 4.79 Å². The van der Waals surface area contributed by atoms with Gasteiger partial charge in [-0.15, -0.1) is 0 Å². The number of aryl methyl sites for hydroxylation is 1. The molecule has 5 nitrogen and oxygen atoms in total. The van der Waals surface area contributed by atoms with Gasteiger partial charge < -0.3 is 21.1 Å². The maximum absolute atomic E-state index is 12.1. The van der Waals surface area contributed by atoms with Crippen molar-refractivity contribution in [2.45, 2.75) is 19.8 Å². The molecule has 0 heterocycles. The third kappa shape index (κ3) is 5.64. The van der Waals surface area contributed by atoms with Crippen LogP contribution in [0.5, 0.6) is 0 Å². The van der Waals surface area contributed by atoms with E-state index in [1.165, 1.54) is 0 Å². The molecule has 0 atom stereocenters. The van der Waals surface area contributed by atoms with Crippen LogP contribution in [0.25, 0.3) is 0 Å². The van der Waals surface area contributed by atoms with Gasteiger partial charge in [0.25, 0.3) is 0 Å². The first-order chi connectivity index (χ1) is 11.2. The zero-order valence-electron chi connectivity index (χ0n) is 13.3. The molecule has 5 heteroatoms. The lowest BCUT2D eigenvalue weighted by Crippen LogP contribution is -2.20. The molecule has 0 fully saturated rings. The van der Waals surface area contributed by atoms with Crippen LogP contribution in [0.4, 0.5) is 21.9 Å². The van der Waals surface area contributed by atoms with Gasteiger partial charge in [-0.05, 0) is 44.0 Å². The Kier molecular flexibility index (Phi) is 6.44. The maximum atomic E-state index is 12.1. The van der Waals surface area contributed by atoms with E-state index in [0.717, 1.165) is 42.0 Å². The minimum absolute atomic E-state index is 0.195. The molecule has 0 saturated carbocycles. The van der Waals surface area contributed by atoms with Gasteiger partial charge in [0.15, 0.2) is 0 Å². The van der Waals surface area contributed by atoms with Crippen LogP contribution in [0.2, 0.25) is 0 Å². The number of rotatable bonds is 7. The number of carbonyl (C=O) groups is 1. The van der Waals surface area contributed by atoms with E-state index >= 15 is 0 Å². The van der Waals surface area contributed by atoms with Crippen LogP contribution in [-0.2, 0) is 0 Å². The Morgan fingerprint density at radius 1 is 0.957 bits per heavy atom. The zero-order chi connectivity index (χ0) is 16.5. The van der Waals surface area contributed by atoms with Crippen LogP contribution in [0.15, 0.2) is 48.5 Å². The molecule has 0 aliphatic rings. The van der Waals surface area contributed by atoms with Gasteiger partial charge in [-0.25, -0.2) is 4.79 Å². The van der Waals surface area contributed by atoms with Crippen LogP contribution in [-0.4, -0.2) is 24.3 Å². The number of hydrogen-bond donors (Lipinski definition) is 4. The molecule has 0 saturated heterocycles. The molecule has 4 N–H and O–H groups in total. The molecule has 0 aliphatic carbocycles. The smallest absolute Gasteiger partial charge is 0.323 e. The van der Waals surface area contributed by atoms with Crippen molar-refractivity contribution in [2.75, 3.05) is 29.1 Å². The number of aliphatic hydroxyl groups is 1. The minimum atomic E-state index is -0.279. The topological polar surface area (TPSA) is 73.4 Å². The lowest BCUT2D eigenvalue weighted by Gasteiger charge is -2.13. The van der Waals surface area contributed by atoms with Crippen LogP contribution < -0.4 is 16.0 Å². The van der Waals surface area contributed by atoms with Gasteiger partial charge in [0.2, 0.25) is 0 Å². The van der Waals surface area contributed by atoms with Gasteiger partial charge in [0.1, 0.15) is 0 Å². The van der Waals surface area contributed by atoms with Crippen molar-refractivity contribution < 1.29 is 9.90 Å². The van der Waals surface area contributed by atoms with Gasteiger partial charge in [0.05, 0.1) is 11.4 Å². The number of anilines is 3. The van der Waals surface area contributed by atoms with E-state index in [1.54, 1.807) is 0 Å². The van der Waals surface area contributed by atoms with Crippen LogP contribution in [0, 0.1) is 6.92 Å². The lowest BCUT2D eigenvalue weighted by atomic mass is 10.2. The van der Waals surface area contributed by atoms with Crippen molar-refractivity contribution in [1.29, 1.82) is 0 Å². The quantitative estimate of drug-likeness (QED) is 0.587. The normalized spacial score (nSPS) is 10.2. The summed E-state index contributed by atoms with van der Waals surface area (Å²) in [4.78, 5) is 12.1. The Bertz CT molecular complexity index is 626. The number of urea groups is 1. The number of unbranched alkanes of at least 4 members (excludes halogenated alkanes) is 1. The molecule has 2 rings (SSSR count). The summed E-state index contributed by atoms with van der Waals surface area (Å²) in [6.07, 6.45) is 1.64. The molecule has 2 aromatic carbocycles. The first kappa shape index (κ1) is 16.8. The minimum Gasteiger partial charge on any atom is -0.396 e. The second-order valence-corrected chi connectivity index (χ2v) is 5.35. The van der Waals surface area contributed by atoms with Crippen LogP contribution >= 0.6 is 0 Å². The van der Waals surface area contributed by atoms with E-state index in [0.29, 0.717) is 0 Å². The lowest BCUT2D eigenvalue weighted by molar-refractivity contribution is 0.262. The summed E-state index contributed by atoms with van der Waals surface area (Å²) >= 11 is 0. The fourth-order valence-corrected chi connectivity index (χ4v) is 2.13. The third-order valence-electron chi connectivity index (χ3n) is 3.39. The molecule has 2 aromatic rings. The second-order valence-electron chi connectivity index (χ2n) is 5.35. The highest BCUT2D eigenvalue weighted by Crippen LogP contribution is 2.21. The molecule has 0 aliphatic heterocycles. The summed E-state index contributed by atoms with van der Waals surface area (Å²) in [5.41, 5.74) is 3.49. The highest BCUT2D eigenvalue weighted by Gasteiger charge is 2.06. The largest absolute Gasteiger partial charge is 0.396 e. The molecule has 122 valence electrons. The average Bonchev–Trinajstić information content (AvgIpc) is 2.55. The zero-order valence-corrected chi connectivity index (χ0v) is 13.3. The molecule has 0 bridgehead atoms. The molecule has 0 spiro atoms. The number of benzene rings is 2. The molecule has 0 unspecified atom stereocenters. The Morgan fingerprint density at radius 3 is 2.35 bits per heavy atom. The number of carbonyl (C=O) groups excluding carboxylic acids is 1. The fraction of sp³-hybridized carbons (Fsp3) is 0.278. The summed E-state index contributed by atoms with van der Waals surface area (Å²) in [5.74, 6) is 0. The van der Waals surface area contributed by atoms with Crippen molar-refractivity contribution in [3.05, 3.63) is 54.1 Å². The third-order valence-corrected chi connectivity index (χ3v) is 3.39. The summed E-state index contributed by atoms with van der Waals surface area (Å²) in [6, 6.07) is 14.9. The van der Waals surface area contributed by atoms with Gasteiger partial charge in [-0.3, -0.25) is 0 Å². The Labute approximate surface area is 136 Å². The number of nitrogens with one attached hydrogen (secondary N) is 3. The molecule has 2 amide bonds. The van der Waals surface area contributed by atoms with E-state index in [4.69, 9.17) is 5.11 Å². The van der Waals surface area contributed by atoms with Crippen LogP contribution in [0.3, 0.4) is 0 Å². The summed E-state index contributed by atoms with van der Waals surface area (Å²) in [7, 11) is 0. The van der Waals surface area contributed by atoms with E-state index in [-0.39, 0.29) is 12.6 Å². The number of para-hydroxylation sites is 2. The number of hydrogen-bond acceptors (Lipinski definition) is 3. The van der Waals surface area contributed by atoms with Crippen molar-refractivity contribution in [3.8, 4) is 0 Å². The number of aliphatic hydroxyl groups excluding tert-OH is 1. The Morgan fingerprint density at radius 2 is 1.65 bits per heavy atom. The Hall–Kier alpha value is -2.53. The first-order valence-electron chi connectivity index (χ1n) is 7.77. The van der Waals surface area contributed by atoms with Crippen molar-refractivity contribution in [3.63, 3.8) is 0 Å². The first-order valence-corrected chi connectivity index (χ1v) is 7.77. The Balaban J connectivity index is 1.93. The van der Waals surface area contributed by atoms with E-state index < -0.39 is 0 Å². The van der Waals surface area contributed by atoms with E-state index in [2.05, 4.69) is 16.0 Å². The summed E-state index contributed by atoms with van der Waals surface area (Å²) in [6.45, 7) is 2.95. The highest BCUT2D eigenvalue weighted by molar-refractivity contribution is 6.01. The average molecular weight is 313 g/mol. The molecule has 0 aromatic heterocycles. The van der Waals surface area contributed by atoms with E-state index in [1.807, 2.05) is 55.5 Å². The van der Waals surface area contributed by atoms with Crippen molar-refractivity contribution in [1.82, 2.24) is 0 Å². The van der Waals surface area contributed by atoms with Gasteiger partial charge in [-0.2, -0.15) is 0 Å². The summed E-state index contributed by atoms with van der Waals surface area (Å²) in [5, 5.41) is 17.7. The molecular weight excluding hydrogens is 290 g/mol. The highest BCUT2D eigenvalue weighted by atomic mass is 16.2. The van der Waals surface area contributed by atoms with Crippen molar-refractivity contribution in [2.24, 2.45) is 0 Å². The van der Waals surface area contributed by atoms with Gasteiger partial charge >= 0.3 is 6.03 Å². The molecular formula is C18H23N3O2. The molecule has 0 radical (unpaired) electrons.